The first-order valence-corrected chi connectivity index (χ1v) is 6.80. The molecule has 1 aromatic rings. The summed E-state index contributed by atoms with van der Waals surface area (Å²) in [6.45, 7) is 6.16. The van der Waals surface area contributed by atoms with Crippen LogP contribution in [0, 0.1) is 5.92 Å². The lowest BCUT2D eigenvalue weighted by molar-refractivity contribution is -0.143. The van der Waals surface area contributed by atoms with Gasteiger partial charge in [0.25, 0.3) is 0 Å². The molecule has 0 spiro atoms. The third-order valence-corrected chi connectivity index (χ3v) is 3.68. The number of aliphatic carboxylic acids is 1. The average molecular weight is 263 g/mol. The van der Waals surface area contributed by atoms with Crippen molar-refractivity contribution in [1.29, 1.82) is 0 Å². The summed E-state index contributed by atoms with van der Waals surface area (Å²) in [5.41, 5.74) is 1.13. The van der Waals surface area contributed by atoms with E-state index in [9.17, 15) is 9.90 Å². The fourth-order valence-electron chi connectivity index (χ4n) is 2.70. The van der Waals surface area contributed by atoms with Crippen LogP contribution < -0.4 is 4.74 Å². The summed E-state index contributed by atoms with van der Waals surface area (Å²) in [6, 6.07) is 7.54. The van der Waals surface area contributed by atoms with Crippen molar-refractivity contribution in [3.05, 3.63) is 29.8 Å². The summed E-state index contributed by atoms with van der Waals surface area (Å²) >= 11 is 0. The van der Waals surface area contributed by atoms with Gasteiger partial charge in [-0.1, -0.05) is 19.1 Å². The predicted octanol–water partition coefficient (Wildman–Crippen LogP) is 2.38. The minimum absolute atomic E-state index is 0.222. The first-order chi connectivity index (χ1) is 9.11. The molecule has 1 aliphatic heterocycles. The summed E-state index contributed by atoms with van der Waals surface area (Å²) in [4.78, 5) is 13.3. The number of ether oxygens (including phenoxy) is 1. The maximum absolute atomic E-state index is 11.3. The SMILES string of the molecule is CCOc1ccc(CN2CCC(C)C2C(=O)O)cc1. The third-order valence-electron chi connectivity index (χ3n) is 3.68. The Morgan fingerprint density at radius 1 is 1.42 bits per heavy atom. The molecule has 1 aromatic carbocycles. The Morgan fingerprint density at radius 2 is 2.11 bits per heavy atom. The number of hydrogen-bond acceptors (Lipinski definition) is 3. The van der Waals surface area contributed by atoms with Gasteiger partial charge in [0.2, 0.25) is 0 Å². The normalized spacial score (nSPS) is 23.5. The zero-order chi connectivity index (χ0) is 13.8. The molecular weight excluding hydrogens is 242 g/mol. The van der Waals surface area contributed by atoms with E-state index in [1.54, 1.807) is 0 Å². The largest absolute Gasteiger partial charge is 0.494 e. The first-order valence-electron chi connectivity index (χ1n) is 6.80. The fourth-order valence-corrected chi connectivity index (χ4v) is 2.70. The number of nitrogens with zero attached hydrogens (tertiary/aromatic N) is 1. The zero-order valence-corrected chi connectivity index (χ0v) is 11.5. The monoisotopic (exact) mass is 263 g/mol. The number of benzene rings is 1. The Morgan fingerprint density at radius 3 is 2.68 bits per heavy atom. The van der Waals surface area contributed by atoms with Gasteiger partial charge in [-0.3, -0.25) is 9.69 Å². The number of likely N-dealkylation sites (tertiary alicyclic amines) is 1. The van der Waals surface area contributed by atoms with Crippen LogP contribution in [0.2, 0.25) is 0 Å². The van der Waals surface area contributed by atoms with Crippen molar-refractivity contribution in [2.45, 2.75) is 32.9 Å². The highest BCUT2D eigenvalue weighted by molar-refractivity contribution is 5.74. The van der Waals surface area contributed by atoms with E-state index in [4.69, 9.17) is 4.74 Å². The van der Waals surface area contributed by atoms with E-state index in [0.717, 1.165) is 24.3 Å². The van der Waals surface area contributed by atoms with Gasteiger partial charge in [-0.2, -0.15) is 0 Å². The zero-order valence-electron chi connectivity index (χ0n) is 11.5. The second-order valence-corrected chi connectivity index (χ2v) is 5.10. The lowest BCUT2D eigenvalue weighted by Crippen LogP contribution is -2.38. The number of hydrogen-bond donors (Lipinski definition) is 1. The Kier molecular flexibility index (Phi) is 4.43. The predicted molar refractivity (Wildman–Crippen MR) is 73.2 cm³/mol. The maximum atomic E-state index is 11.3. The molecule has 104 valence electrons. The molecule has 19 heavy (non-hydrogen) atoms. The van der Waals surface area contributed by atoms with Gasteiger partial charge in [-0.25, -0.2) is 0 Å². The summed E-state index contributed by atoms with van der Waals surface area (Å²) in [6.07, 6.45) is 0.952. The van der Waals surface area contributed by atoms with Gasteiger partial charge in [-0.05, 0) is 43.5 Å². The van der Waals surface area contributed by atoms with Crippen LogP contribution in [-0.2, 0) is 11.3 Å². The molecule has 1 fully saturated rings. The van der Waals surface area contributed by atoms with Crippen LogP contribution in [0.15, 0.2) is 24.3 Å². The molecule has 1 saturated heterocycles. The molecule has 1 heterocycles. The van der Waals surface area contributed by atoms with E-state index >= 15 is 0 Å². The van der Waals surface area contributed by atoms with Gasteiger partial charge in [0.15, 0.2) is 0 Å². The van der Waals surface area contributed by atoms with Crippen molar-refractivity contribution in [3.63, 3.8) is 0 Å². The number of rotatable bonds is 5. The van der Waals surface area contributed by atoms with Gasteiger partial charge in [0, 0.05) is 6.54 Å². The van der Waals surface area contributed by atoms with E-state index in [0.29, 0.717) is 13.2 Å². The van der Waals surface area contributed by atoms with Gasteiger partial charge in [0.05, 0.1) is 6.61 Å². The van der Waals surface area contributed by atoms with Gasteiger partial charge in [0.1, 0.15) is 11.8 Å². The molecule has 0 aliphatic carbocycles. The van der Waals surface area contributed by atoms with Crippen molar-refractivity contribution in [3.8, 4) is 5.75 Å². The van der Waals surface area contributed by atoms with E-state index in [1.807, 2.05) is 43.0 Å². The molecule has 4 heteroatoms. The van der Waals surface area contributed by atoms with Crippen LogP contribution in [0.25, 0.3) is 0 Å². The van der Waals surface area contributed by atoms with Gasteiger partial charge < -0.3 is 9.84 Å². The minimum Gasteiger partial charge on any atom is -0.494 e. The van der Waals surface area contributed by atoms with Crippen LogP contribution in [0.4, 0.5) is 0 Å². The average Bonchev–Trinajstić information content (AvgIpc) is 2.73. The quantitative estimate of drug-likeness (QED) is 0.886. The molecule has 0 amide bonds. The smallest absolute Gasteiger partial charge is 0.321 e. The van der Waals surface area contributed by atoms with E-state index in [2.05, 4.69) is 0 Å². The molecular formula is C15H21NO3. The van der Waals surface area contributed by atoms with Crippen molar-refractivity contribution in [1.82, 2.24) is 4.90 Å². The van der Waals surface area contributed by atoms with Crippen molar-refractivity contribution in [2.24, 2.45) is 5.92 Å². The molecule has 2 rings (SSSR count). The van der Waals surface area contributed by atoms with Crippen molar-refractivity contribution < 1.29 is 14.6 Å². The number of carboxylic acid groups (broad SMARTS) is 1. The second-order valence-electron chi connectivity index (χ2n) is 5.10. The van der Waals surface area contributed by atoms with Gasteiger partial charge >= 0.3 is 5.97 Å². The maximum Gasteiger partial charge on any atom is 0.321 e. The van der Waals surface area contributed by atoms with Crippen LogP contribution in [0.5, 0.6) is 5.75 Å². The van der Waals surface area contributed by atoms with Crippen molar-refractivity contribution >= 4 is 5.97 Å². The number of carboxylic acids is 1. The lowest BCUT2D eigenvalue weighted by Gasteiger charge is -2.23. The van der Waals surface area contributed by atoms with Crippen LogP contribution in [-0.4, -0.2) is 35.2 Å². The lowest BCUT2D eigenvalue weighted by atomic mass is 10.0. The molecule has 1 N–H and O–H groups in total. The van der Waals surface area contributed by atoms with Crippen LogP contribution in [0.1, 0.15) is 25.8 Å². The van der Waals surface area contributed by atoms with Crippen molar-refractivity contribution in [2.75, 3.05) is 13.2 Å². The molecule has 0 radical (unpaired) electrons. The van der Waals surface area contributed by atoms with Crippen LogP contribution in [0.3, 0.4) is 0 Å². The number of carbonyl (C=O) groups is 1. The first kappa shape index (κ1) is 13.9. The minimum atomic E-state index is -0.712. The molecule has 0 aromatic heterocycles. The van der Waals surface area contributed by atoms with E-state index in [1.165, 1.54) is 0 Å². The highest BCUT2D eigenvalue weighted by Gasteiger charge is 2.36. The summed E-state index contributed by atoms with van der Waals surface area (Å²) < 4.78 is 5.40. The topological polar surface area (TPSA) is 49.8 Å². The summed E-state index contributed by atoms with van der Waals surface area (Å²) in [5, 5.41) is 9.28. The molecule has 2 atom stereocenters. The van der Waals surface area contributed by atoms with E-state index in [-0.39, 0.29) is 12.0 Å². The molecule has 1 aliphatic rings. The molecule has 4 nitrogen and oxygen atoms in total. The highest BCUT2D eigenvalue weighted by atomic mass is 16.5. The third kappa shape index (κ3) is 3.26. The Labute approximate surface area is 114 Å². The van der Waals surface area contributed by atoms with Crippen LogP contribution >= 0.6 is 0 Å². The fraction of sp³-hybridized carbons (Fsp3) is 0.533. The summed E-state index contributed by atoms with van der Waals surface area (Å²) in [7, 11) is 0. The molecule has 0 saturated carbocycles. The standard InChI is InChI=1S/C15H21NO3/c1-3-19-13-6-4-12(5-7-13)10-16-9-8-11(2)14(16)15(17)18/h4-7,11,14H,3,8-10H2,1-2H3,(H,17,18). The highest BCUT2D eigenvalue weighted by Crippen LogP contribution is 2.26. The van der Waals surface area contributed by atoms with E-state index < -0.39 is 5.97 Å². The van der Waals surface area contributed by atoms with Gasteiger partial charge in [-0.15, -0.1) is 0 Å². The molecule has 2 unspecified atom stereocenters. The molecule has 0 bridgehead atoms. The Balaban J connectivity index is 2.02. The summed E-state index contributed by atoms with van der Waals surface area (Å²) in [5.74, 6) is 0.368. The Bertz CT molecular complexity index is 430. The second kappa shape index (κ2) is 6.06. The Hall–Kier alpha value is -1.55.